The van der Waals surface area contributed by atoms with E-state index in [1.165, 1.54) is 0 Å². The zero-order valence-corrected chi connectivity index (χ0v) is 36.2. The van der Waals surface area contributed by atoms with Gasteiger partial charge in [-0.3, -0.25) is 14.7 Å². The summed E-state index contributed by atoms with van der Waals surface area (Å²) in [6.45, 7) is 19.9. The number of amides is 1. The molecule has 0 aliphatic carbocycles. The monoisotopic (exact) mass is 798 g/mol. The number of hydrogen-bond donors (Lipinski definition) is 2. The Labute approximate surface area is 334 Å². The van der Waals surface area contributed by atoms with Crippen molar-refractivity contribution in [1.29, 1.82) is 0 Å². The first-order chi connectivity index (χ1) is 26.2. The van der Waals surface area contributed by atoms with E-state index in [-0.39, 0.29) is 30.4 Å². The topological polar surface area (TPSA) is 167 Å². The molecule has 15 heteroatoms. The Balaban J connectivity index is 1.65. The second-order valence-electron chi connectivity index (χ2n) is 18.1. The van der Waals surface area contributed by atoms with Gasteiger partial charge in [0.25, 0.3) is 0 Å². The van der Waals surface area contributed by atoms with Crippen molar-refractivity contribution < 1.29 is 57.7 Å². The summed E-state index contributed by atoms with van der Waals surface area (Å²) in [5, 5.41) is 22.8. The van der Waals surface area contributed by atoms with Gasteiger partial charge in [0.1, 0.15) is 18.3 Å². The standard InChI is InChI=1S/C41H71N3O12/c1-15-28-41(10)33-23(4)30(42-16-17-44(33)38(48)56-41)21(2)19-40(9,50-14)35(55-37-31(45)27(43(11)12)18-22(3)51-37)24(5)32(25(6)36(47)53-28)54-29-20-39(8,49-13)34(46)26(7)52-29/h21-29,31-35,37,45-46H,15-20H2,1-14H3/t21-,22-,23+,24+,25-,26+,27+,28-,29+,31-,32+,33-,34+,35-,37+,39-,40+,41-/m1/s1. The number of nitrogens with zero attached hydrogens (tertiary/aromatic N) is 3. The maximum absolute atomic E-state index is 14.6. The third-order valence-corrected chi connectivity index (χ3v) is 13.8. The highest BCUT2D eigenvalue weighted by Crippen LogP contribution is 2.45. The lowest BCUT2D eigenvalue weighted by atomic mass is 9.72. The van der Waals surface area contributed by atoms with E-state index in [9.17, 15) is 19.8 Å². The minimum absolute atomic E-state index is 0.160. The molecule has 4 fully saturated rings. The number of aliphatic imine (C=N–C) groups is 1. The fourth-order valence-corrected chi connectivity index (χ4v) is 10.5. The van der Waals surface area contributed by atoms with Gasteiger partial charge in [-0.05, 0) is 80.8 Å². The van der Waals surface area contributed by atoms with E-state index in [0.717, 1.165) is 5.71 Å². The van der Waals surface area contributed by atoms with Gasteiger partial charge in [0.2, 0.25) is 0 Å². The van der Waals surface area contributed by atoms with E-state index in [2.05, 4.69) is 13.8 Å². The van der Waals surface area contributed by atoms with Crippen LogP contribution < -0.4 is 0 Å². The van der Waals surface area contributed by atoms with Crippen LogP contribution in [0.2, 0.25) is 0 Å². The van der Waals surface area contributed by atoms with Crippen LogP contribution in [0, 0.1) is 23.7 Å². The fourth-order valence-electron chi connectivity index (χ4n) is 10.5. The average Bonchev–Trinajstić information content (AvgIpc) is 3.27. The Morgan fingerprint density at radius 3 is 2.20 bits per heavy atom. The number of carbonyl (C=O) groups excluding carboxylic acids is 2. The smallest absolute Gasteiger partial charge is 0.410 e. The van der Waals surface area contributed by atoms with Crippen LogP contribution in [0.15, 0.2) is 4.99 Å². The lowest BCUT2D eigenvalue weighted by Gasteiger charge is -2.50. The lowest BCUT2D eigenvalue weighted by Crippen LogP contribution is -2.61. The third-order valence-electron chi connectivity index (χ3n) is 13.8. The van der Waals surface area contributed by atoms with Crippen LogP contribution in [0.25, 0.3) is 0 Å². The molecule has 5 aliphatic rings. The van der Waals surface area contributed by atoms with Crippen molar-refractivity contribution >= 4 is 17.8 Å². The van der Waals surface area contributed by atoms with E-state index in [1.807, 2.05) is 60.5 Å². The highest BCUT2D eigenvalue weighted by atomic mass is 16.7. The van der Waals surface area contributed by atoms with Crippen molar-refractivity contribution in [2.75, 3.05) is 41.4 Å². The van der Waals surface area contributed by atoms with E-state index in [4.69, 9.17) is 42.9 Å². The van der Waals surface area contributed by atoms with Gasteiger partial charge in [-0.1, -0.05) is 27.7 Å². The Kier molecular flexibility index (Phi) is 14.0. The van der Waals surface area contributed by atoms with Crippen molar-refractivity contribution in [3.8, 4) is 0 Å². The highest BCUT2D eigenvalue weighted by Gasteiger charge is 2.61. The molecule has 5 heterocycles. The number of hydrogen-bond acceptors (Lipinski definition) is 14. The van der Waals surface area contributed by atoms with Crippen LogP contribution in [0.4, 0.5) is 4.79 Å². The SMILES string of the molecule is CC[C@H]1OC(=O)[C@H](C)[C@@H](O[C@H]2C[C@@](C)(OC)[C@@H](O)[C@H](C)O2)[C@H](C)[C@@H](O[C@@H]2O[C@H](C)C[C@H](N(C)C)[C@H]2O)[C@@](C)(OC)C[C@@H](C)C2=NCCN3C(=O)O[C@@]1(C)[C@H]3[C@H]2C. The number of likely N-dealkylation sites (N-methyl/N-ethyl adjacent to an activating group) is 1. The van der Waals surface area contributed by atoms with Crippen LogP contribution in [-0.2, 0) is 42.7 Å². The number of aliphatic hydroxyl groups excluding tert-OH is 2. The molecule has 0 saturated carbocycles. The molecule has 0 aromatic rings. The van der Waals surface area contributed by atoms with E-state index >= 15 is 0 Å². The maximum atomic E-state index is 14.6. The molecule has 5 aliphatic heterocycles. The first-order valence-corrected chi connectivity index (χ1v) is 20.6. The predicted octanol–water partition coefficient (Wildman–Crippen LogP) is 3.79. The predicted molar refractivity (Wildman–Crippen MR) is 207 cm³/mol. The summed E-state index contributed by atoms with van der Waals surface area (Å²) in [5.41, 5.74) is -2.31. The molecular formula is C41H71N3O12. The molecule has 322 valence electrons. The molecule has 56 heavy (non-hydrogen) atoms. The number of esters is 1. The van der Waals surface area contributed by atoms with Crippen LogP contribution in [-0.4, -0.2) is 163 Å². The first-order valence-electron chi connectivity index (χ1n) is 20.6. The number of ether oxygens (including phenoxy) is 8. The van der Waals surface area contributed by atoms with Crippen LogP contribution in [0.5, 0.6) is 0 Å². The largest absolute Gasteiger partial charge is 0.458 e. The molecule has 0 unspecified atom stereocenters. The van der Waals surface area contributed by atoms with Gasteiger partial charge in [-0.15, -0.1) is 0 Å². The quantitative estimate of drug-likeness (QED) is 0.341. The van der Waals surface area contributed by atoms with Crippen molar-refractivity contribution in [3.05, 3.63) is 0 Å². The molecule has 0 spiro atoms. The summed E-state index contributed by atoms with van der Waals surface area (Å²) in [5.74, 6) is -2.46. The highest BCUT2D eigenvalue weighted by molar-refractivity contribution is 5.91. The van der Waals surface area contributed by atoms with Gasteiger partial charge in [-0.2, -0.15) is 0 Å². The molecule has 0 aromatic heterocycles. The second-order valence-corrected chi connectivity index (χ2v) is 18.1. The van der Waals surface area contributed by atoms with E-state index in [1.54, 1.807) is 33.0 Å². The summed E-state index contributed by atoms with van der Waals surface area (Å²) in [6, 6.07) is -0.686. The van der Waals surface area contributed by atoms with Crippen LogP contribution in [0.3, 0.4) is 0 Å². The number of rotatable bonds is 8. The van der Waals surface area contributed by atoms with E-state index in [0.29, 0.717) is 32.4 Å². The summed E-state index contributed by atoms with van der Waals surface area (Å²) < 4.78 is 51.5. The minimum atomic E-state index is -1.17. The first kappa shape index (κ1) is 45.1. The summed E-state index contributed by atoms with van der Waals surface area (Å²) in [6.07, 6.45) is -6.03. The Bertz CT molecular complexity index is 1420. The normalized spacial score (nSPS) is 48.1. The number of carbonyl (C=O) groups is 2. The van der Waals surface area contributed by atoms with Crippen molar-refractivity contribution in [2.45, 2.75) is 179 Å². The number of methoxy groups -OCH3 is 2. The van der Waals surface area contributed by atoms with Gasteiger partial charge < -0.3 is 53.0 Å². The average molecular weight is 798 g/mol. The van der Waals surface area contributed by atoms with Crippen LogP contribution in [0.1, 0.15) is 94.9 Å². The molecule has 2 N–H and O–H groups in total. The van der Waals surface area contributed by atoms with Gasteiger partial charge in [0, 0.05) is 50.8 Å². The maximum Gasteiger partial charge on any atom is 0.410 e. The van der Waals surface area contributed by atoms with Crippen LogP contribution >= 0.6 is 0 Å². The third kappa shape index (κ3) is 8.40. The molecule has 0 radical (unpaired) electrons. The van der Waals surface area contributed by atoms with Crippen molar-refractivity contribution in [3.63, 3.8) is 0 Å². The molecule has 1 amide bonds. The second kappa shape index (κ2) is 17.3. The van der Waals surface area contributed by atoms with Gasteiger partial charge in [-0.25, -0.2) is 4.79 Å². The van der Waals surface area contributed by atoms with Gasteiger partial charge in [0.05, 0.1) is 54.1 Å². The zero-order chi connectivity index (χ0) is 41.7. The molecular weight excluding hydrogens is 726 g/mol. The number of cyclic esters (lactones) is 1. The van der Waals surface area contributed by atoms with E-state index < -0.39 is 95.9 Å². The molecule has 5 rings (SSSR count). The molecule has 18 atom stereocenters. The Morgan fingerprint density at radius 2 is 1.59 bits per heavy atom. The Hall–Kier alpha value is -1.95. The lowest BCUT2D eigenvalue weighted by molar-refractivity contribution is -0.319. The molecule has 15 nitrogen and oxygen atoms in total. The zero-order valence-electron chi connectivity index (χ0n) is 36.2. The molecule has 4 saturated heterocycles. The van der Waals surface area contributed by atoms with Crippen molar-refractivity contribution in [1.82, 2.24) is 9.80 Å². The molecule has 0 aromatic carbocycles. The summed E-state index contributed by atoms with van der Waals surface area (Å²) in [7, 11) is 7.03. The van der Waals surface area contributed by atoms with Gasteiger partial charge >= 0.3 is 12.1 Å². The minimum Gasteiger partial charge on any atom is -0.458 e. The van der Waals surface area contributed by atoms with Crippen molar-refractivity contribution in [2.24, 2.45) is 28.7 Å². The van der Waals surface area contributed by atoms with Gasteiger partial charge in [0.15, 0.2) is 18.2 Å². The number of aliphatic hydroxyl groups is 2. The molecule has 2 bridgehead atoms. The Morgan fingerprint density at radius 1 is 0.929 bits per heavy atom. The summed E-state index contributed by atoms with van der Waals surface area (Å²) >= 11 is 0. The summed E-state index contributed by atoms with van der Waals surface area (Å²) in [4.78, 5) is 37.0. The fraction of sp³-hybridized carbons (Fsp3) is 0.927. The number of fused-ring (bicyclic) bond motifs is 1.